The molecular formula is C29H27F4N5O2S. The van der Waals surface area contributed by atoms with Gasteiger partial charge in [-0.05, 0) is 37.1 Å². The number of fused-ring (bicyclic) bond motifs is 3. The molecule has 0 aliphatic carbocycles. The highest BCUT2D eigenvalue weighted by atomic mass is 32.2. The van der Waals surface area contributed by atoms with Crippen LogP contribution < -0.4 is 15.0 Å². The lowest BCUT2D eigenvalue weighted by atomic mass is 9.85. The summed E-state index contributed by atoms with van der Waals surface area (Å²) in [6.07, 6.45) is -4.66. The van der Waals surface area contributed by atoms with Gasteiger partial charge in [0, 0.05) is 18.8 Å². The fourth-order valence-corrected chi connectivity index (χ4v) is 6.21. The van der Waals surface area contributed by atoms with Gasteiger partial charge in [-0.3, -0.25) is 9.69 Å². The van der Waals surface area contributed by atoms with E-state index < -0.39 is 29.2 Å². The first-order chi connectivity index (χ1) is 19.6. The maximum absolute atomic E-state index is 14.3. The number of carbonyl (C=O) groups excluding carboxylic acids is 1. The first-order valence-corrected chi connectivity index (χ1v) is 13.7. The van der Waals surface area contributed by atoms with Crippen LogP contribution in [0.5, 0.6) is 5.75 Å². The molecule has 3 heterocycles. The number of hydrazone groups is 1. The van der Waals surface area contributed by atoms with E-state index in [1.54, 1.807) is 6.92 Å². The zero-order valence-corrected chi connectivity index (χ0v) is 23.0. The van der Waals surface area contributed by atoms with Crippen LogP contribution in [0.2, 0.25) is 0 Å². The molecule has 1 atom stereocenters. The molecule has 0 saturated carbocycles. The number of hydrogen-bond acceptors (Lipinski definition) is 7. The summed E-state index contributed by atoms with van der Waals surface area (Å²) in [5, 5.41) is 7.15. The number of amidine groups is 1. The Hall–Kier alpha value is -3.77. The van der Waals surface area contributed by atoms with Crippen LogP contribution in [0.1, 0.15) is 36.6 Å². The molecule has 3 aliphatic heterocycles. The number of nitrogens with one attached hydrogen (secondary N) is 1. The Morgan fingerprint density at radius 2 is 1.66 bits per heavy atom. The van der Waals surface area contributed by atoms with Crippen molar-refractivity contribution in [2.45, 2.75) is 37.6 Å². The number of nitrogens with zero attached hydrogens (tertiary/aromatic N) is 4. The number of alkyl halides is 3. The predicted molar refractivity (Wildman–Crippen MR) is 150 cm³/mol. The average Bonchev–Trinajstić information content (AvgIpc) is 2.94. The Balaban J connectivity index is 1.32. The molecule has 12 heteroatoms. The molecule has 41 heavy (non-hydrogen) atoms. The number of ether oxygens (including phenoxy) is 1. The van der Waals surface area contributed by atoms with Gasteiger partial charge in [0.2, 0.25) is 0 Å². The van der Waals surface area contributed by atoms with Gasteiger partial charge in [-0.25, -0.2) is 0 Å². The van der Waals surface area contributed by atoms with Gasteiger partial charge in [-0.2, -0.15) is 13.2 Å². The van der Waals surface area contributed by atoms with Crippen LogP contribution >= 0.6 is 12.3 Å². The van der Waals surface area contributed by atoms with Crippen LogP contribution in [0, 0.1) is 0 Å². The third kappa shape index (κ3) is 4.99. The first-order valence-electron chi connectivity index (χ1n) is 13.1. The van der Waals surface area contributed by atoms with Gasteiger partial charge in [0.25, 0.3) is 5.91 Å². The van der Waals surface area contributed by atoms with Crippen molar-refractivity contribution in [3.63, 3.8) is 0 Å². The standard InChI is InChI=1S/C29H27F4N5O2S/c1-18-27(39)38(41-33)35-25-15-40-24-13-21(29(30,31)32)22(14-23(24)37(18)25)34-28(2)16-36(17-28)26(19-9-5-3-6-10-19)20-11-7-4-8-12-20/h3-14,18,26,34H,15-17H2,1-2H3. The quantitative estimate of drug-likeness (QED) is 0.272. The van der Waals surface area contributed by atoms with Crippen molar-refractivity contribution >= 4 is 35.5 Å². The van der Waals surface area contributed by atoms with Gasteiger partial charge in [0.1, 0.15) is 18.4 Å². The molecule has 1 N–H and O–H groups in total. The van der Waals surface area contributed by atoms with Crippen LogP contribution in [0.3, 0.4) is 0 Å². The molecule has 3 aromatic carbocycles. The van der Waals surface area contributed by atoms with Crippen molar-refractivity contribution in [1.29, 1.82) is 0 Å². The number of carbonyl (C=O) groups is 1. The van der Waals surface area contributed by atoms with E-state index in [9.17, 15) is 21.9 Å². The second-order valence-corrected chi connectivity index (χ2v) is 11.2. The molecule has 1 amide bonds. The molecule has 0 aromatic heterocycles. The van der Waals surface area contributed by atoms with Crippen LogP contribution in [0.25, 0.3) is 0 Å². The summed E-state index contributed by atoms with van der Waals surface area (Å²) in [5.41, 5.74) is 0.795. The van der Waals surface area contributed by atoms with Crippen molar-refractivity contribution in [3.05, 3.63) is 89.5 Å². The Morgan fingerprint density at radius 3 is 2.22 bits per heavy atom. The highest BCUT2D eigenvalue weighted by molar-refractivity contribution is 7.92. The minimum atomic E-state index is -4.66. The molecule has 1 fully saturated rings. The molecule has 7 nitrogen and oxygen atoms in total. The van der Waals surface area contributed by atoms with Gasteiger partial charge in [0.15, 0.2) is 18.2 Å². The maximum atomic E-state index is 14.3. The molecule has 214 valence electrons. The lowest BCUT2D eigenvalue weighted by molar-refractivity contribution is -0.137. The normalized spacial score (nSPS) is 20.1. The molecular weight excluding hydrogens is 558 g/mol. The van der Waals surface area contributed by atoms with E-state index in [0.717, 1.165) is 17.2 Å². The number of benzene rings is 3. The van der Waals surface area contributed by atoms with E-state index in [2.05, 4.69) is 39.6 Å². The predicted octanol–water partition coefficient (Wildman–Crippen LogP) is 6.26. The van der Waals surface area contributed by atoms with Crippen molar-refractivity contribution in [3.8, 4) is 5.75 Å². The second-order valence-electron chi connectivity index (χ2n) is 10.7. The zero-order valence-electron chi connectivity index (χ0n) is 22.2. The molecule has 6 rings (SSSR count). The lowest BCUT2D eigenvalue weighted by Gasteiger charge is -2.52. The number of amides is 1. The molecule has 0 bridgehead atoms. The van der Waals surface area contributed by atoms with Crippen molar-refractivity contribution in [2.24, 2.45) is 5.10 Å². The summed E-state index contributed by atoms with van der Waals surface area (Å²) in [4.78, 5) is 16.4. The summed E-state index contributed by atoms with van der Waals surface area (Å²) in [6.45, 7) is 4.22. The average molecular weight is 586 g/mol. The minimum Gasteiger partial charge on any atom is -0.483 e. The van der Waals surface area contributed by atoms with Gasteiger partial charge >= 0.3 is 6.18 Å². The van der Waals surface area contributed by atoms with Crippen molar-refractivity contribution < 1.29 is 26.6 Å². The van der Waals surface area contributed by atoms with Crippen LogP contribution in [0.15, 0.2) is 77.9 Å². The Labute approximate surface area is 239 Å². The van der Waals surface area contributed by atoms with E-state index >= 15 is 0 Å². The number of anilines is 2. The van der Waals surface area contributed by atoms with E-state index in [1.165, 1.54) is 11.0 Å². The van der Waals surface area contributed by atoms with E-state index in [1.807, 2.05) is 43.3 Å². The molecule has 3 aliphatic rings. The monoisotopic (exact) mass is 585 g/mol. The summed E-state index contributed by atoms with van der Waals surface area (Å²) in [6, 6.07) is 21.4. The largest absolute Gasteiger partial charge is 0.483 e. The van der Waals surface area contributed by atoms with Gasteiger partial charge < -0.3 is 15.0 Å². The fourth-order valence-electron chi connectivity index (χ4n) is 5.87. The Bertz CT molecular complexity index is 1440. The highest BCUT2D eigenvalue weighted by Crippen LogP contribution is 2.47. The van der Waals surface area contributed by atoms with Crippen LogP contribution in [-0.4, -0.2) is 52.3 Å². The topological polar surface area (TPSA) is 60.4 Å². The number of hydrogen-bond donors (Lipinski definition) is 1. The summed E-state index contributed by atoms with van der Waals surface area (Å²) in [7, 11) is 0. The minimum absolute atomic E-state index is 0.0172. The number of likely N-dealkylation sites (tertiary alicyclic amines) is 1. The first kappa shape index (κ1) is 27.4. The van der Waals surface area contributed by atoms with E-state index in [4.69, 9.17) is 4.74 Å². The second kappa shape index (κ2) is 10.3. The summed E-state index contributed by atoms with van der Waals surface area (Å²) >= 11 is -0.331. The lowest BCUT2D eigenvalue weighted by Crippen LogP contribution is -2.65. The number of halogens is 4. The molecule has 1 unspecified atom stereocenters. The maximum Gasteiger partial charge on any atom is 0.418 e. The molecule has 0 radical (unpaired) electrons. The van der Waals surface area contributed by atoms with E-state index in [-0.39, 0.29) is 47.9 Å². The zero-order chi connectivity index (χ0) is 28.9. The molecule has 3 aromatic rings. The third-order valence-corrected chi connectivity index (χ3v) is 8.03. The smallest absolute Gasteiger partial charge is 0.418 e. The highest BCUT2D eigenvalue weighted by Gasteiger charge is 2.46. The van der Waals surface area contributed by atoms with Crippen LogP contribution in [0.4, 0.5) is 28.4 Å². The van der Waals surface area contributed by atoms with Crippen molar-refractivity contribution in [2.75, 3.05) is 29.9 Å². The summed E-state index contributed by atoms with van der Waals surface area (Å²) < 4.78 is 62.3. The van der Waals surface area contributed by atoms with Crippen LogP contribution in [-0.2, 0) is 11.0 Å². The SMILES string of the molecule is CC1C(=O)N(SF)N=C2COc3cc(C(F)(F)F)c(NC4(C)CN(C(c5ccccc5)c5ccccc5)C4)cc3N21. The third-order valence-electron chi connectivity index (χ3n) is 7.64. The molecule has 1 saturated heterocycles. The number of rotatable bonds is 6. The van der Waals surface area contributed by atoms with Gasteiger partial charge in [0.05, 0.1) is 22.8 Å². The van der Waals surface area contributed by atoms with Gasteiger partial charge in [-0.15, -0.1) is 13.4 Å². The van der Waals surface area contributed by atoms with Crippen molar-refractivity contribution in [1.82, 2.24) is 9.31 Å². The molecule has 0 spiro atoms. The fraction of sp³-hybridized carbons (Fsp3) is 0.310. The Morgan fingerprint density at radius 1 is 1.05 bits per heavy atom. The Kier molecular flexibility index (Phi) is 6.85. The van der Waals surface area contributed by atoms with E-state index in [0.29, 0.717) is 17.5 Å². The van der Waals surface area contributed by atoms with Gasteiger partial charge in [-0.1, -0.05) is 60.7 Å². The summed E-state index contributed by atoms with van der Waals surface area (Å²) in [5.74, 6) is -0.413.